The molecule has 2 aromatic heterocycles. The van der Waals surface area contributed by atoms with E-state index < -0.39 is 0 Å². The Labute approximate surface area is 108 Å². The van der Waals surface area contributed by atoms with Gasteiger partial charge in [-0.25, -0.2) is 9.67 Å². The van der Waals surface area contributed by atoms with E-state index in [1.807, 2.05) is 6.92 Å². The van der Waals surface area contributed by atoms with E-state index >= 15 is 0 Å². The van der Waals surface area contributed by atoms with Crippen molar-refractivity contribution in [1.29, 1.82) is 0 Å². The quantitative estimate of drug-likeness (QED) is 0.784. The molecule has 84 valence electrons. The van der Waals surface area contributed by atoms with Crippen LogP contribution in [0.3, 0.4) is 0 Å². The Kier molecular flexibility index (Phi) is 3.38. The first-order chi connectivity index (χ1) is 7.61. The first kappa shape index (κ1) is 11.7. The summed E-state index contributed by atoms with van der Waals surface area (Å²) < 4.78 is 1.55. The summed E-state index contributed by atoms with van der Waals surface area (Å²) in [4.78, 5) is 4.20. The molecule has 0 N–H and O–H groups in total. The van der Waals surface area contributed by atoms with Gasteiger partial charge in [0.15, 0.2) is 5.82 Å². The van der Waals surface area contributed by atoms with Crippen LogP contribution in [0.5, 0.6) is 0 Å². The summed E-state index contributed by atoms with van der Waals surface area (Å²) >= 11 is 17.7. The second-order valence-corrected chi connectivity index (χ2v) is 4.37. The van der Waals surface area contributed by atoms with Crippen LogP contribution in [0.1, 0.15) is 11.3 Å². The molecule has 2 aromatic rings. The summed E-state index contributed by atoms with van der Waals surface area (Å²) in [6.07, 6.45) is 3.34. The fourth-order valence-corrected chi connectivity index (χ4v) is 1.81. The van der Waals surface area contributed by atoms with E-state index in [1.54, 1.807) is 23.1 Å². The van der Waals surface area contributed by atoms with Gasteiger partial charge in [0.05, 0.1) is 21.9 Å². The monoisotopic (exact) mass is 275 g/mol. The van der Waals surface area contributed by atoms with Gasteiger partial charge in [0.25, 0.3) is 0 Å². The van der Waals surface area contributed by atoms with Gasteiger partial charge >= 0.3 is 0 Å². The number of rotatable bonds is 2. The summed E-state index contributed by atoms with van der Waals surface area (Å²) in [7, 11) is 0. The Morgan fingerprint density at radius 3 is 2.56 bits per heavy atom. The summed E-state index contributed by atoms with van der Waals surface area (Å²) in [5, 5.41) is 5.28. The maximum Gasteiger partial charge on any atom is 0.172 e. The minimum atomic E-state index is 0.381. The first-order valence-electron chi connectivity index (χ1n) is 4.54. The fraction of sp³-hybridized carbons (Fsp3) is 0.200. The molecule has 0 atom stereocenters. The summed E-state index contributed by atoms with van der Waals surface area (Å²) in [5.74, 6) is 0.928. The Hall–Kier alpha value is -0.770. The first-order valence-corrected chi connectivity index (χ1v) is 5.83. The number of hydrogen-bond donors (Lipinski definition) is 0. The third kappa shape index (κ3) is 2.17. The van der Waals surface area contributed by atoms with Crippen molar-refractivity contribution in [2.24, 2.45) is 0 Å². The van der Waals surface area contributed by atoms with Crippen molar-refractivity contribution in [3.8, 4) is 5.82 Å². The molecule has 0 aliphatic rings. The lowest BCUT2D eigenvalue weighted by molar-refractivity contribution is 0.831. The maximum absolute atomic E-state index is 6.08. The molecule has 0 radical (unpaired) electrons. The van der Waals surface area contributed by atoms with Gasteiger partial charge in [-0.3, -0.25) is 0 Å². The third-order valence-electron chi connectivity index (χ3n) is 2.09. The second kappa shape index (κ2) is 4.62. The molecule has 0 aromatic carbocycles. The molecule has 0 aliphatic heterocycles. The fourth-order valence-electron chi connectivity index (χ4n) is 1.26. The topological polar surface area (TPSA) is 30.7 Å². The molecule has 2 heterocycles. The van der Waals surface area contributed by atoms with Gasteiger partial charge in [-0.05, 0) is 18.6 Å². The average molecular weight is 277 g/mol. The van der Waals surface area contributed by atoms with Crippen LogP contribution in [-0.2, 0) is 5.88 Å². The minimum absolute atomic E-state index is 0.381. The van der Waals surface area contributed by atoms with Gasteiger partial charge in [-0.2, -0.15) is 5.10 Å². The molecule has 0 spiro atoms. The summed E-state index contributed by atoms with van der Waals surface area (Å²) in [6.45, 7) is 1.82. The van der Waals surface area contributed by atoms with Gasteiger partial charge in [0.1, 0.15) is 0 Å². The zero-order valence-corrected chi connectivity index (χ0v) is 10.7. The zero-order chi connectivity index (χ0) is 11.7. The summed E-state index contributed by atoms with van der Waals surface area (Å²) in [6, 6.07) is 1.77. The number of aryl methyl sites for hydroxylation is 1. The van der Waals surface area contributed by atoms with Crippen LogP contribution in [0.25, 0.3) is 5.82 Å². The lowest BCUT2D eigenvalue weighted by Gasteiger charge is -2.04. The Morgan fingerprint density at radius 2 is 2.06 bits per heavy atom. The zero-order valence-electron chi connectivity index (χ0n) is 8.41. The van der Waals surface area contributed by atoms with E-state index in [0.29, 0.717) is 21.7 Å². The van der Waals surface area contributed by atoms with Crippen molar-refractivity contribution < 1.29 is 0 Å². The van der Waals surface area contributed by atoms with E-state index in [-0.39, 0.29) is 0 Å². The van der Waals surface area contributed by atoms with Gasteiger partial charge in [-0.15, -0.1) is 11.6 Å². The van der Waals surface area contributed by atoms with Crippen LogP contribution in [-0.4, -0.2) is 14.8 Å². The maximum atomic E-state index is 6.08. The molecule has 0 bridgehead atoms. The van der Waals surface area contributed by atoms with Crippen LogP contribution in [0.4, 0.5) is 0 Å². The number of nitrogens with zero attached hydrogens (tertiary/aromatic N) is 3. The number of aromatic nitrogens is 3. The van der Waals surface area contributed by atoms with Crippen molar-refractivity contribution in [2.75, 3.05) is 0 Å². The Bertz CT molecular complexity index is 503. The molecule has 0 saturated carbocycles. The molecule has 0 unspecified atom stereocenters. The van der Waals surface area contributed by atoms with E-state index in [4.69, 9.17) is 34.8 Å². The van der Waals surface area contributed by atoms with Gasteiger partial charge in [0, 0.05) is 12.1 Å². The molecule has 16 heavy (non-hydrogen) atoms. The van der Waals surface area contributed by atoms with E-state index in [1.165, 1.54) is 0 Å². The van der Waals surface area contributed by atoms with Crippen LogP contribution in [0.15, 0.2) is 18.5 Å². The van der Waals surface area contributed by atoms with Gasteiger partial charge < -0.3 is 0 Å². The molecule has 0 saturated heterocycles. The molecule has 6 heteroatoms. The number of alkyl halides is 1. The van der Waals surface area contributed by atoms with Crippen molar-refractivity contribution in [3.63, 3.8) is 0 Å². The molecule has 0 amide bonds. The Balaban J connectivity index is 2.48. The van der Waals surface area contributed by atoms with Crippen LogP contribution < -0.4 is 0 Å². The van der Waals surface area contributed by atoms with Crippen LogP contribution in [0.2, 0.25) is 10.0 Å². The van der Waals surface area contributed by atoms with Crippen molar-refractivity contribution in [2.45, 2.75) is 12.8 Å². The summed E-state index contributed by atoms with van der Waals surface area (Å²) in [5.41, 5.74) is 1.60. The highest BCUT2D eigenvalue weighted by molar-refractivity contribution is 6.32. The third-order valence-corrected chi connectivity index (χ3v) is 3.05. The number of hydrogen-bond acceptors (Lipinski definition) is 2. The number of halogens is 3. The highest BCUT2D eigenvalue weighted by atomic mass is 35.5. The average Bonchev–Trinajstić information content (AvgIpc) is 2.58. The lowest BCUT2D eigenvalue weighted by Crippen LogP contribution is -2.00. The SMILES string of the molecule is Cc1nn(-c2ncc(CCl)cc2Cl)cc1Cl. The van der Waals surface area contributed by atoms with Gasteiger partial charge in [-0.1, -0.05) is 23.2 Å². The molecular weight excluding hydrogens is 268 g/mol. The molecule has 2 rings (SSSR count). The van der Waals surface area contributed by atoms with Crippen molar-refractivity contribution in [1.82, 2.24) is 14.8 Å². The predicted octanol–water partition coefficient (Wildman–Crippen LogP) is 3.62. The molecule has 0 aliphatic carbocycles. The molecular formula is C10H8Cl3N3. The highest BCUT2D eigenvalue weighted by Gasteiger charge is 2.09. The Morgan fingerprint density at radius 1 is 1.31 bits per heavy atom. The highest BCUT2D eigenvalue weighted by Crippen LogP contribution is 2.22. The van der Waals surface area contributed by atoms with E-state index in [2.05, 4.69) is 10.1 Å². The number of pyridine rings is 1. The standard InChI is InChI=1S/C10H8Cl3N3/c1-6-9(13)5-16(15-6)10-8(12)2-7(3-11)4-14-10/h2,4-5H,3H2,1H3. The second-order valence-electron chi connectivity index (χ2n) is 3.29. The van der Waals surface area contributed by atoms with E-state index in [0.717, 1.165) is 11.3 Å². The molecule has 3 nitrogen and oxygen atoms in total. The normalized spacial score (nSPS) is 10.8. The van der Waals surface area contributed by atoms with E-state index in [9.17, 15) is 0 Å². The van der Waals surface area contributed by atoms with Gasteiger partial charge in [0.2, 0.25) is 0 Å². The predicted molar refractivity (Wildman–Crippen MR) is 65.7 cm³/mol. The van der Waals surface area contributed by atoms with Crippen LogP contribution in [0, 0.1) is 6.92 Å². The smallest absolute Gasteiger partial charge is 0.172 e. The van der Waals surface area contributed by atoms with Crippen molar-refractivity contribution in [3.05, 3.63) is 39.8 Å². The van der Waals surface area contributed by atoms with Crippen LogP contribution >= 0.6 is 34.8 Å². The molecule has 0 fully saturated rings. The minimum Gasteiger partial charge on any atom is -0.235 e. The van der Waals surface area contributed by atoms with Crippen molar-refractivity contribution >= 4 is 34.8 Å². The largest absolute Gasteiger partial charge is 0.235 e. The lowest BCUT2D eigenvalue weighted by atomic mass is 10.3.